The van der Waals surface area contributed by atoms with E-state index in [9.17, 15) is 9.59 Å². The number of hydrogen-bond donors (Lipinski definition) is 1. The zero-order chi connectivity index (χ0) is 22.5. The Labute approximate surface area is 190 Å². The fraction of sp³-hybridized carbons (Fsp3) is 0.333. The van der Waals surface area contributed by atoms with Gasteiger partial charge in [-0.25, -0.2) is 4.79 Å². The Morgan fingerprint density at radius 2 is 1.97 bits per heavy atom. The highest BCUT2D eigenvalue weighted by Crippen LogP contribution is 2.42. The summed E-state index contributed by atoms with van der Waals surface area (Å²) in [4.78, 5) is 24.5. The molecule has 1 aliphatic rings. The van der Waals surface area contributed by atoms with Crippen LogP contribution in [-0.4, -0.2) is 26.1 Å². The predicted octanol–water partition coefficient (Wildman–Crippen LogP) is 5.35. The van der Waals surface area contributed by atoms with Gasteiger partial charge in [-0.2, -0.15) is 0 Å². The number of methoxy groups -OCH3 is 2. The Bertz CT molecular complexity index is 1040. The molecule has 0 spiro atoms. The molecule has 1 N–H and O–H groups in total. The van der Waals surface area contributed by atoms with Gasteiger partial charge in [-0.1, -0.05) is 33.6 Å². The predicted molar refractivity (Wildman–Crippen MR) is 123 cm³/mol. The molecule has 0 saturated carbocycles. The molecule has 164 valence electrons. The number of amides is 1. The highest BCUT2D eigenvalue weighted by atomic mass is 79.9. The van der Waals surface area contributed by atoms with Crippen molar-refractivity contribution in [1.29, 1.82) is 0 Å². The molecule has 0 unspecified atom stereocenters. The summed E-state index contributed by atoms with van der Waals surface area (Å²) in [6.07, 6.45) is 3.56. The van der Waals surface area contributed by atoms with Crippen LogP contribution in [0.15, 0.2) is 40.4 Å². The van der Waals surface area contributed by atoms with Gasteiger partial charge >= 0.3 is 5.97 Å². The first-order valence-corrected chi connectivity index (χ1v) is 10.8. The minimum Gasteiger partial charge on any atom is -0.496 e. The van der Waals surface area contributed by atoms with E-state index in [1.807, 2.05) is 44.2 Å². The van der Waals surface area contributed by atoms with E-state index >= 15 is 0 Å². The number of nitrogens with one attached hydrogen (secondary N) is 1. The SMILES string of the molecule is COc1c(C)c2c(c(OC)c1C/C=C(\C)CCC(=O)Nc1cccc(Br)c1)C(=O)OC2. The molecule has 7 heteroatoms. The quantitative estimate of drug-likeness (QED) is 0.401. The molecule has 6 nitrogen and oxygen atoms in total. The van der Waals surface area contributed by atoms with Crippen LogP contribution in [-0.2, 0) is 22.6 Å². The van der Waals surface area contributed by atoms with Gasteiger partial charge in [-0.15, -0.1) is 0 Å². The van der Waals surface area contributed by atoms with Crippen LogP contribution >= 0.6 is 15.9 Å². The Morgan fingerprint density at radius 1 is 1.23 bits per heavy atom. The maximum atomic E-state index is 12.3. The summed E-state index contributed by atoms with van der Waals surface area (Å²) in [5.74, 6) is 0.780. The third-order valence-corrected chi connectivity index (χ3v) is 5.83. The summed E-state index contributed by atoms with van der Waals surface area (Å²) < 4.78 is 17.4. The van der Waals surface area contributed by atoms with Gasteiger partial charge in [0.1, 0.15) is 23.7 Å². The van der Waals surface area contributed by atoms with E-state index in [1.54, 1.807) is 14.2 Å². The van der Waals surface area contributed by atoms with Crippen molar-refractivity contribution in [3.8, 4) is 11.5 Å². The molecule has 0 atom stereocenters. The molecule has 0 saturated heterocycles. The first-order valence-electron chi connectivity index (χ1n) is 10.00. The second-order valence-electron chi connectivity index (χ2n) is 7.41. The van der Waals surface area contributed by atoms with Gasteiger partial charge in [0.15, 0.2) is 0 Å². The van der Waals surface area contributed by atoms with Crippen molar-refractivity contribution in [2.45, 2.75) is 39.7 Å². The van der Waals surface area contributed by atoms with E-state index in [0.29, 0.717) is 36.3 Å². The van der Waals surface area contributed by atoms with Crippen molar-refractivity contribution < 1.29 is 23.8 Å². The van der Waals surface area contributed by atoms with Crippen molar-refractivity contribution in [1.82, 2.24) is 0 Å². The van der Waals surface area contributed by atoms with E-state index in [-0.39, 0.29) is 18.5 Å². The van der Waals surface area contributed by atoms with Gasteiger partial charge in [0.2, 0.25) is 5.91 Å². The van der Waals surface area contributed by atoms with Crippen LogP contribution < -0.4 is 14.8 Å². The number of carbonyl (C=O) groups is 2. The summed E-state index contributed by atoms with van der Waals surface area (Å²) in [7, 11) is 3.15. The second kappa shape index (κ2) is 10.0. The molecule has 1 aliphatic heterocycles. The summed E-state index contributed by atoms with van der Waals surface area (Å²) >= 11 is 3.40. The third-order valence-electron chi connectivity index (χ3n) is 5.34. The fourth-order valence-electron chi connectivity index (χ4n) is 3.71. The Balaban J connectivity index is 1.72. The van der Waals surface area contributed by atoms with Crippen molar-refractivity contribution >= 4 is 33.5 Å². The number of fused-ring (bicyclic) bond motifs is 1. The lowest BCUT2D eigenvalue weighted by molar-refractivity contribution is -0.116. The monoisotopic (exact) mass is 487 g/mol. The molecule has 0 bridgehead atoms. The van der Waals surface area contributed by atoms with Gasteiger partial charge in [0.05, 0.1) is 14.2 Å². The zero-order valence-electron chi connectivity index (χ0n) is 18.1. The van der Waals surface area contributed by atoms with Gasteiger partial charge < -0.3 is 19.5 Å². The highest BCUT2D eigenvalue weighted by Gasteiger charge is 2.32. The summed E-state index contributed by atoms with van der Waals surface area (Å²) in [6, 6.07) is 7.50. The van der Waals surface area contributed by atoms with E-state index in [1.165, 1.54) is 0 Å². The molecule has 0 aromatic heterocycles. The Kier molecular flexibility index (Phi) is 7.38. The minimum absolute atomic E-state index is 0.0443. The van der Waals surface area contributed by atoms with Gasteiger partial charge in [0, 0.05) is 27.7 Å². The van der Waals surface area contributed by atoms with Crippen LogP contribution in [0, 0.1) is 6.92 Å². The molecule has 0 fully saturated rings. The van der Waals surface area contributed by atoms with Crippen LogP contribution in [0.5, 0.6) is 11.5 Å². The maximum absolute atomic E-state index is 12.3. The third kappa shape index (κ3) is 5.10. The van der Waals surface area contributed by atoms with Gasteiger partial charge in [0.25, 0.3) is 0 Å². The first-order chi connectivity index (χ1) is 14.8. The lowest BCUT2D eigenvalue weighted by Gasteiger charge is -2.18. The fourth-order valence-corrected chi connectivity index (χ4v) is 4.11. The van der Waals surface area contributed by atoms with Crippen molar-refractivity contribution in [2.75, 3.05) is 19.5 Å². The van der Waals surface area contributed by atoms with Crippen molar-refractivity contribution in [2.24, 2.45) is 0 Å². The van der Waals surface area contributed by atoms with Crippen molar-refractivity contribution in [3.05, 3.63) is 62.6 Å². The molecule has 31 heavy (non-hydrogen) atoms. The number of esters is 1. The summed E-state index contributed by atoms with van der Waals surface area (Å²) in [5.41, 5.74) is 4.81. The average molecular weight is 488 g/mol. The molecule has 3 rings (SSSR count). The zero-order valence-corrected chi connectivity index (χ0v) is 19.7. The highest BCUT2D eigenvalue weighted by molar-refractivity contribution is 9.10. The van der Waals surface area contributed by atoms with E-state index in [4.69, 9.17) is 14.2 Å². The largest absolute Gasteiger partial charge is 0.496 e. The number of rotatable bonds is 8. The Morgan fingerprint density at radius 3 is 2.65 bits per heavy atom. The van der Waals surface area contributed by atoms with Crippen LogP contribution in [0.2, 0.25) is 0 Å². The number of benzene rings is 2. The number of halogens is 1. The standard InChI is InChI=1S/C24H26BrNO5/c1-14(9-11-20(27)26-17-7-5-6-16(25)12-17)8-10-18-22(29-3)15(2)19-13-31-24(28)21(19)23(18)30-4/h5-8,12H,9-11,13H2,1-4H3,(H,26,27)/b14-8+. The first kappa shape index (κ1) is 22.9. The molecule has 1 amide bonds. The normalized spacial score (nSPS) is 12.9. The van der Waals surface area contributed by atoms with Crippen molar-refractivity contribution in [3.63, 3.8) is 0 Å². The number of ether oxygens (including phenoxy) is 3. The van der Waals surface area contributed by atoms with Crippen LogP contribution in [0.25, 0.3) is 0 Å². The van der Waals surface area contributed by atoms with Gasteiger partial charge in [-0.05, 0) is 50.5 Å². The molecule has 0 radical (unpaired) electrons. The van der Waals surface area contributed by atoms with E-state index in [0.717, 1.165) is 32.4 Å². The van der Waals surface area contributed by atoms with E-state index < -0.39 is 0 Å². The maximum Gasteiger partial charge on any atom is 0.342 e. The van der Waals surface area contributed by atoms with E-state index in [2.05, 4.69) is 21.2 Å². The lowest BCUT2D eigenvalue weighted by atomic mass is 9.94. The van der Waals surface area contributed by atoms with Gasteiger partial charge in [-0.3, -0.25) is 4.79 Å². The lowest BCUT2D eigenvalue weighted by Crippen LogP contribution is -2.11. The number of anilines is 1. The molecular weight excluding hydrogens is 462 g/mol. The van der Waals surface area contributed by atoms with Crippen LogP contribution in [0.3, 0.4) is 0 Å². The molecule has 2 aromatic carbocycles. The smallest absolute Gasteiger partial charge is 0.342 e. The number of carbonyl (C=O) groups excluding carboxylic acids is 2. The minimum atomic E-state index is -0.372. The number of cyclic esters (lactones) is 1. The molecule has 1 heterocycles. The molecule has 0 aliphatic carbocycles. The summed E-state index contributed by atoms with van der Waals surface area (Å²) in [6.45, 7) is 4.14. The number of hydrogen-bond acceptors (Lipinski definition) is 5. The summed E-state index contributed by atoms with van der Waals surface area (Å²) in [5, 5.41) is 2.90. The topological polar surface area (TPSA) is 73.9 Å². The second-order valence-corrected chi connectivity index (χ2v) is 8.33. The number of allylic oxidation sites excluding steroid dienone is 2. The van der Waals surface area contributed by atoms with Crippen LogP contribution in [0.4, 0.5) is 5.69 Å². The van der Waals surface area contributed by atoms with Crippen LogP contribution in [0.1, 0.15) is 46.8 Å². The molecular formula is C24H26BrNO5. The average Bonchev–Trinajstić information content (AvgIpc) is 3.13. The molecule has 2 aromatic rings. The Hall–Kier alpha value is -2.80.